The lowest BCUT2D eigenvalue weighted by atomic mass is 10.1. The Morgan fingerprint density at radius 1 is 1.25 bits per heavy atom. The van der Waals surface area contributed by atoms with Gasteiger partial charge in [0, 0.05) is 18.2 Å². The largest absolute Gasteiger partial charge is 0.437 e. The number of fused-ring (bicyclic) bond motifs is 1. The summed E-state index contributed by atoms with van der Waals surface area (Å²) in [6.07, 6.45) is 3.31. The van der Waals surface area contributed by atoms with Gasteiger partial charge in [0.2, 0.25) is 11.8 Å². The smallest absolute Gasteiger partial charge is 0.244 e. The van der Waals surface area contributed by atoms with E-state index in [1.807, 2.05) is 31.2 Å². The van der Waals surface area contributed by atoms with Crippen molar-refractivity contribution in [3.8, 4) is 0 Å². The lowest BCUT2D eigenvalue weighted by molar-refractivity contribution is -0.117. The van der Waals surface area contributed by atoms with Crippen LogP contribution < -0.4 is 5.32 Å². The number of aromatic nitrogens is 1. The second-order valence-electron chi connectivity index (χ2n) is 5.56. The van der Waals surface area contributed by atoms with E-state index >= 15 is 0 Å². The summed E-state index contributed by atoms with van der Waals surface area (Å²) in [4.78, 5) is 16.2. The minimum absolute atomic E-state index is 0.192. The van der Waals surface area contributed by atoms with Crippen molar-refractivity contribution in [2.75, 3.05) is 0 Å². The first-order chi connectivity index (χ1) is 11.6. The summed E-state index contributed by atoms with van der Waals surface area (Å²) in [5.74, 6) is -0.171. The Morgan fingerprint density at radius 3 is 2.79 bits per heavy atom. The molecule has 1 unspecified atom stereocenters. The maximum atomic E-state index is 13.6. The van der Waals surface area contributed by atoms with Gasteiger partial charge in [-0.3, -0.25) is 4.79 Å². The quantitative estimate of drug-likeness (QED) is 0.728. The molecule has 3 rings (SSSR count). The highest BCUT2D eigenvalue weighted by Gasteiger charge is 2.09. The predicted molar refractivity (Wildman–Crippen MR) is 90.8 cm³/mol. The Kier molecular flexibility index (Phi) is 4.70. The number of carbonyl (C=O) groups excluding carboxylic acids is 1. The van der Waals surface area contributed by atoms with Crippen LogP contribution in [0.5, 0.6) is 0 Å². The van der Waals surface area contributed by atoms with Gasteiger partial charge < -0.3 is 9.73 Å². The van der Waals surface area contributed by atoms with Gasteiger partial charge >= 0.3 is 0 Å². The van der Waals surface area contributed by atoms with Gasteiger partial charge in [-0.25, -0.2) is 9.37 Å². The second-order valence-corrected chi connectivity index (χ2v) is 5.56. The van der Waals surface area contributed by atoms with Crippen molar-refractivity contribution in [3.05, 3.63) is 71.9 Å². The molecule has 0 saturated carbocycles. The van der Waals surface area contributed by atoms with Crippen LogP contribution in [0.1, 0.15) is 18.4 Å². The molecule has 5 heteroatoms. The molecule has 1 amide bonds. The maximum absolute atomic E-state index is 13.6. The molecular formula is C19H17FN2O2. The van der Waals surface area contributed by atoms with Crippen molar-refractivity contribution in [2.45, 2.75) is 19.4 Å². The molecule has 0 fully saturated rings. The van der Waals surface area contributed by atoms with Crippen LogP contribution in [-0.4, -0.2) is 16.9 Å². The van der Waals surface area contributed by atoms with Gasteiger partial charge in [-0.2, -0.15) is 0 Å². The third-order valence-electron chi connectivity index (χ3n) is 3.56. The molecule has 1 heterocycles. The molecule has 0 aliphatic rings. The summed E-state index contributed by atoms with van der Waals surface area (Å²) in [5, 5.41) is 2.80. The Balaban J connectivity index is 1.59. The average molecular weight is 324 g/mol. The fourth-order valence-electron chi connectivity index (χ4n) is 2.44. The maximum Gasteiger partial charge on any atom is 0.244 e. The molecule has 3 aromatic rings. The van der Waals surface area contributed by atoms with Crippen LogP contribution in [0, 0.1) is 5.82 Å². The average Bonchev–Trinajstić information content (AvgIpc) is 2.98. The number of benzene rings is 2. The number of hydrogen-bond donors (Lipinski definition) is 1. The molecule has 0 spiro atoms. The standard InChI is InChI=1S/C19H17FN2O2/c1-13(12-14-6-2-3-7-15(14)20)21-18(23)10-11-19-22-16-8-4-5-9-17(16)24-19/h2-11,13H,12H2,1H3,(H,21,23)/b11-10+. The Labute approximate surface area is 139 Å². The predicted octanol–water partition coefficient (Wildman–Crippen LogP) is 3.73. The third kappa shape index (κ3) is 3.87. The number of oxazole rings is 1. The summed E-state index contributed by atoms with van der Waals surface area (Å²) >= 11 is 0. The fourth-order valence-corrected chi connectivity index (χ4v) is 2.44. The number of nitrogens with zero attached hydrogens (tertiary/aromatic N) is 1. The molecule has 0 bridgehead atoms. The van der Waals surface area contributed by atoms with E-state index in [0.29, 0.717) is 23.5 Å². The number of nitrogens with one attached hydrogen (secondary N) is 1. The first-order valence-electron chi connectivity index (χ1n) is 7.69. The molecular weight excluding hydrogens is 307 g/mol. The highest BCUT2D eigenvalue weighted by molar-refractivity contribution is 5.91. The second kappa shape index (κ2) is 7.08. The normalized spacial score (nSPS) is 12.6. The molecule has 24 heavy (non-hydrogen) atoms. The summed E-state index contributed by atoms with van der Waals surface area (Å²) in [6, 6.07) is 13.7. The van der Waals surface area contributed by atoms with Crippen LogP contribution in [0.2, 0.25) is 0 Å². The molecule has 1 atom stereocenters. The van der Waals surface area contributed by atoms with E-state index in [-0.39, 0.29) is 17.8 Å². The summed E-state index contributed by atoms with van der Waals surface area (Å²) in [7, 11) is 0. The zero-order valence-electron chi connectivity index (χ0n) is 13.2. The van der Waals surface area contributed by atoms with Crippen LogP contribution in [0.15, 0.2) is 59.0 Å². The highest BCUT2D eigenvalue weighted by atomic mass is 19.1. The summed E-state index contributed by atoms with van der Waals surface area (Å²) in [5.41, 5.74) is 1.99. The van der Waals surface area contributed by atoms with Crippen molar-refractivity contribution in [2.24, 2.45) is 0 Å². The summed E-state index contributed by atoms with van der Waals surface area (Å²) in [6.45, 7) is 1.83. The van der Waals surface area contributed by atoms with Gasteiger partial charge in [0.1, 0.15) is 11.3 Å². The first-order valence-corrected chi connectivity index (χ1v) is 7.69. The van der Waals surface area contributed by atoms with E-state index in [0.717, 1.165) is 5.52 Å². The molecule has 122 valence electrons. The number of para-hydroxylation sites is 2. The van der Waals surface area contributed by atoms with Crippen LogP contribution in [-0.2, 0) is 11.2 Å². The third-order valence-corrected chi connectivity index (χ3v) is 3.56. The van der Waals surface area contributed by atoms with Crippen molar-refractivity contribution in [3.63, 3.8) is 0 Å². The van der Waals surface area contributed by atoms with Gasteiger partial charge in [0.15, 0.2) is 5.58 Å². The number of hydrogen-bond acceptors (Lipinski definition) is 3. The minimum Gasteiger partial charge on any atom is -0.437 e. The van der Waals surface area contributed by atoms with Gasteiger partial charge in [0.05, 0.1) is 0 Å². The van der Waals surface area contributed by atoms with Crippen LogP contribution >= 0.6 is 0 Å². The van der Waals surface area contributed by atoms with Crippen molar-refractivity contribution < 1.29 is 13.6 Å². The van der Waals surface area contributed by atoms with E-state index in [1.165, 1.54) is 18.2 Å². The van der Waals surface area contributed by atoms with Crippen molar-refractivity contribution in [1.82, 2.24) is 10.3 Å². The zero-order chi connectivity index (χ0) is 16.9. The van der Waals surface area contributed by atoms with Gasteiger partial charge in [-0.05, 0) is 37.1 Å². The van der Waals surface area contributed by atoms with Crippen molar-refractivity contribution >= 4 is 23.1 Å². The van der Waals surface area contributed by atoms with E-state index in [4.69, 9.17) is 4.42 Å². The number of halogens is 1. The van der Waals surface area contributed by atoms with Gasteiger partial charge in [-0.15, -0.1) is 0 Å². The van der Waals surface area contributed by atoms with Crippen LogP contribution in [0.4, 0.5) is 4.39 Å². The number of carbonyl (C=O) groups is 1. The Hall–Kier alpha value is -2.95. The molecule has 0 aliphatic carbocycles. The van der Waals surface area contributed by atoms with E-state index in [2.05, 4.69) is 10.3 Å². The topological polar surface area (TPSA) is 55.1 Å². The van der Waals surface area contributed by atoms with Crippen LogP contribution in [0.25, 0.3) is 17.2 Å². The van der Waals surface area contributed by atoms with E-state index in [1.54, 1.807) is 18.2 Å². The molecule has 1 aromatic heterocycles. The SMILES string of the molecule is CC(Cc1ccccc1F)NC(=O)/C=C/c1nc2ccccc2o1. The molecule has 0 aliphatic heterocycles. The molecule has 0 saturated heterocycles. The lowest BCUT2D eigenvalue weighted by Gasteiger charge is -2.12. The zero-order valence-corrected chi connectivity index (χ0v) is 13.2. The first kappa shape index (κ1) is 15.9. The Bertz CT molecular complexity index is 853. The molecule has 2 aromatic carbocycles. The summed E-state index contributed by atoms with van der Waals surface area (Å²) < 4.78 is 19.1. The number of amides is 1. The fraction of sp³-hybridized carbons (Fsp3) is 0.158. The van der Waals surface area contributed by atoms with Crippen molar-refractivity contribution in [1.29, 1.82) is 0 Å². The van der Waals surface area contributed by atoms with Crippen LogP contribution in [0.3, 0.4) is 0 Å². The molecule has 1 N–H and O–H groups in total. The van der Waals surface area contributed by atoms with Gasteiger partial charge in [-0.1, -0.05) is 30.3 Å². The minimum atomic E-state index is -0.277. The molecule has 0 radical (unpaired) electrons. The highest BCUT2D eigenvalue weighted by Crippen LogP contribution is 2.15. The Morgan fingerprint density at radius 2 is 2.00 bits per heavy atom. The number of rotatable bonds is 5. The van der Waals surface area contributed by atoms with E-state index in [9.17, 15) is 9.18 Å². The molecule has 4 nitrogen and oxygen atoms in total. The lowest BCUT2D eigenvalue weighted by Crippen LogP contribution is -2.32. The van der Waals surface area contributed by atoms with E-state index < -0.39 is 0 Å². The monoisotopic (exact) mass is 324 g/mol. The van der Waals surface area contributed by atoms with Gasteiger partial charge in [0.25, 0.3) is 0 Å².